The highest BCUT2D eigenvalue weighted by Crippen LogP contribution is 2.47. The Hall–Kier alpha value is -1.74. The maximum Gasteiger partial charge on any atom is 0.347 e. The Balaban J connectivity index is 1.90. The quantitative estimate of drug-likeness (QED) is 0.506. The molecule has 0 aromatic heterocycles. The van der Waals surface area contributed by atoms with E-state index < -0.39 is 11.6 Å². The van der Waals surface area contributed by atoms with Crippen LogP contribution in [0.5, 0.6) is 5.75 Å². The fourth-order valence-corrected chi connectivity index (χ4v) is 4.95. The number of carboxylic acid groups (broad SMARTS) is 1. The number of halogens is 1. The molecule has 3 unspecified atom stereocenters. The molecule has 0 aliphatic heterocycles. The van der Waals surface area contributed by atoms with Gasteiger partial charge in [0, 0.05) is 5.41 Å². The van der Waals surface area contributed by atoms with Gasteiger partial charge in [-0.15, -0.1) is 11.6 Å². The van der Waals surface area contributed by atoms with Gasteiger partial charge in [0.05, 0.1) is 5.38 Å². The van der Waals surface area contributed by atoms with Gasteiger partial charge < -0.3 is 9.84 Å². The summed E-state index contributed by atoms with van der Waals surface area (Å²) in [6.45, 7) is 5.80. The zero-order chi connectivity index (χ0) is 21.1. The fraction of sp³-hybridized carbons (Fsp3) is 0.560. The molecule has 0 amide bonds. The Morgan fingerprint density at radius 3 is 2.45 bits per heavy atom. The highest BCUT2D eigenvalue weighted by atomic mass is 35.5. The van der Waals surface area contributed by atoms with Crippen LogP contribution < -0.4 is 4.74 Å². The van der Waals surface area contributed by atoms with E-state index in [0.29, 0.717) is 18.1 Å². The summed E-state index contributed by atoms with van der Waals surface area (Å²) in [7, 11) is 0. The lowest BCUT2D eigenvalue weighted by atomic mass is 9.63. The number of hydrogen-bond acceptors (Lipinski definition) is 2. The van der Waals surface area contributed by atoms with Gasteiger partial charge in [-0.2, -0.15) is 0 Å². The molecule has 158 valence electrons. The molecule has 4 heteroatoms. The van der Waals surface area contributed by atoms with Crippen LogP contribution in [0.2, 0.25) is 0 Å². The van der Waals surface area contributed by atoms with Crippen LogP contribution in [0.15, 0.2) is 48.1 Å². The smallest absolute Gasteiger partial charge is 0.347 e. The molecule has 3 nitrogen and oxygen atoms in total. The van der Waals surface area contributed by atoms with Crippen molar-refractivity contribution >= 4 is 17.6 Å². The summed E-state index contributed by atoms with van der Waals surface area (Å²) in [5.74, 6) is 0.0121. The molecule has 3 rings (SSSR count). The summed E-state index contributed by atoms with van der Waals surface area (Å²) in [5, 5.41) is 9.65. The first-order chi connectivity index (χ1) is 13.8. The van der Waals surface area contributed by atoms with Crippen molar-refractivity contribution < 1.29 is 14.6 Å². The van der Waals surface area contributed by atoms with E-state index in [1.54, 1.807) is 6.92 Å². The summed E-state index contributed by atoms with van der Waals surface area (Å²) in [4.78, 5) is 11.7. The van der Waals surface area contributed by atoms with E-state index >= 15 is 0 Å². The van der Waals surface area contributed by atoms with Gasteiger partial charge in [0.2, 0.25) is 5.60 Å². The van der Waals surface area contributed by atoms with Gasteiger partial charge in [-0.05, 0) is 55.4 Å². The third kappa shape index (κ3) is 4.55. The monoisotopic (exact) mass is 416 g/mol. The van der Waals surface area contributed by atoms with Gasteiger partial charge >= 0.3 is 5.97 Å². The average molecular weight is 417 g/mol. The zero-order valence-corrected chi connectivity index (χ0v) is 18.5. The molecule has 1 aromatic carbocycles. The number of carboxylic acids is 1. The third-order valence-corrected chi connectivity index (χ3v) is 7.14. The number of benzene rings is 1. The van der Waals surface area contributed by atoms with Crippen LogP contribution in [0.1, 0.15) is 71.3 Å². The lowest BCUT2D eigenvalue weighted by Gasteiger charge is -2.41. The first-order valence-electron chi connectivity index (χ1n) is 10.9. The molecule has 0 radical (unpaired) electrons. The van der Waals surface area contributed by atoms with E-state index in [0.717, 1.165) is 19.3 Å². The Kier molecular flexibility index (Phi) is 6.78. The molecular weight excluding hydrogens is 384 g/mol. The number of ether oxygens (including phenoxy) is 1. The summed E-state index contributed by atoms with van der Waals surface area (Å²) in [5.41, 5.74) is 1.47. The number of allylic oxidation sites excluding steroid dienone is 4. The molecule has 0 bridgehead atoms. The number of carbonyl (C=O) groups is 1. The van der Waals surface area contributed by atoms with Crippen molar-refractivity contribution in [1.29, 1.82) is 0 Å². The molecule has 2 aliphatic rings. The van der Waals surface area contributed by atoms with E-state index in [1.165, 1.54) is 30.4 Å². The molecule has 29 heavy (non-hydrogen) atoms. The van der Waals surface area contributed by atoms with E-state index in [-0.39, 0.29) is 10.8 Å². The van der Waals surface area contributed by atoms with E-state index in [1.807, 2.05) is 19.1 Å². The minimum absolute atomic E-state index is 0.0120. The second-order valence-electron chi connectivity index (χ2n) is 8.84. The van der Waals surface area contributed by atoms with Gasteiger partial charge in [0.25, 0.3) is 0 Å². The molecule has 1 fully saturated rings. The molecule has 1 aromatic rings. The maximum absolute atomic E-state index is 11.7. The van der Waals surface area contributed by atoms with Crippen LogP contribution >= 0.6 is 11.6 Å². The van der Waals surface area contributed by atoms with Crippen LogP contribution in [-0.4, -0.2) is 22.1 Å². The molecule has 0 saturated heterocycles. The van der Waals surface area contributed by atoms with Crippen molar-refractivity contribution in [2.45, 2.75) is 82.1 Å². The number of hydrogen-bond donors (Lipinski definition) is 1. The molecule has 0 heterocycles. The van der Waals surface area contributed by atoms with E-state index in [4.69, 9.17) is 16.3 Å². The first kappa shape index (κ1) is 22.0. The number of alkyl halides is 1. The summed E-state index contributed by atoms with van der Waals surface area (Å²) < 4.78 is 5.91. The van der Waals surface area contributed by atoms with Crippen LogP contribution in [-0.2, 0) is 10.2 Å². The minimum Gasteiger partial charge on any atom is -0.478 e. The Morgan fingerprint density at radius 1 is 1.24 bits per heavy atom. The first-order valence-corrected chi connectivity index (χ1v) is 11.3. The summed E-state index contributed by atoms with van der Waals surface area (Å²) in [6, 6.07) is 8.12. The average Bonchev–Trinajstić information content (AvgIpc) is 2.71. The lowest BCUT2D eigenvalue weighted by Crippen LogP contribution is -2.41. The molecule has 1 N–H and O–H groups in total. The minimum atomic E-state index is -1.20. The second kappa shape index (κ2) is 8.95. The molecule has 2 aliphatic carbocycles. The highest BCUT2D eigenvalue weighted by Gasteiger charge is 2.38. The van der Waals surface area contributed by atoms with Crippen molar-refractivity contribution in [2.75, 3.05) is 0 Å². The van der Waals surface area contributed by atoms with Gasteiger partial charge in [0.1, 0.15) is 5.75 Å². The summed E-state index contributed by atoms with van der Waals surface area (Å²) >= 11 is 6.40. The Morgan fingerprint density at radius 2 is 1.90 bits per heavy atom. The zero-order valence-electron chi connectivity index (χ0n) is 17.8. The second-order valence-corrected chi connectivity index (χ2v) is 9.34. The molecule has 0 spiro atoms. The standard InChI is InChI=1S/C25H33ClO3/c1-4-14-24(3,23(27)28)29-21-11-8-19(9-12-21)25(15-6-5-7-16-25)20-10-13-22(26)18(2)17-20/h8-13,17-18,22H,4-7,14-16H2,1-3H3,(H,27,28). The topological polar surface area (TPSA) is 46.5 Å². The van der Waals surface area contributed by atoms with Crippen molar-refractivity contribution in [3.8, 4) is 5.75 Å². The number of rotatable bonds is 7. The van der Waals surface area contributed by atoms with Crippen LogP contribution in [0, 0.1) is 5.92 Å². The molecule has 1 saturated carbocycles. The molecule has 3 atom stereocenters. The van der Waals surface area contributed by atoms with Crippen molar-refractivity contribution in [3.63, 3.8) is 0 Å². The van der Waals surface area contributed by atoms with Crippen LogP contribution in [0.3, 0.4) is 0 Å². The predicted octanol–water partition coefficient (Wildman–Crippen LogP) is 6.65. The SMILES string of the molecule is CCCC(C)(Oc1ccc(C2(C3=CC(C)C(Cl)C=C3)CCCCC2)cc1)C(=O)O. The van der Waals surface area contributed by atoms with Gasteiger partial charge in [0.15, 0.2) is 0 Å². The van der Waals surface area contributed by atoms with Gasteiger partial charge in [-0.25, -0.2) is 4.79 Å². The van der Waals surface area contributed by atoms with Crippen molar-refractivity contribution in [3.05, 3.63) is 53.6 Å². The third-order valence-electron chi connectivity index (χ3n) is 6.59. The highest BCUT2D eigenvalue weighted by molar-refractivity contribution is 6.22. The van der Waals surface area contributed by atoms with E-state index in [2.05, 4.69) is 37.3 Å². The largest absolute Gasteiger partial charge is 0.478 e. The Labute approximate surface area is 179 Å². The number of aliphatic carboxylic acids is 1. The van der Waals surface area contributed by atoms with E-state index in [9.17, 15) is 9.90 Å². The van der Waals surface area contributed by atoms with Crippen LogP contribution in [0.25, 0.3) is 0 Å². The normalized spacial score (nSPS) is 25.7. The fourth-order valence-electron chi connectivity index (χ4n) is 4.80. The van der Waals surface area contributed by atoms with Crippen LogP contribution in [0.4, 0.5) is 0 Å². The molecular formula is C25H33ClO3. The predicted molar refractivity (Wildman–Crippen MR) is 119 cm³/mol. The van der Waals surface area contributed by atoms with Gasteiger partial charge in [-0.1, -0.05) is 69.9 Å². The van der Waals surface area contributed by atoms with Crippen molar-refractivity contribution in [2.24, 2.45) is 5.92 Å². The van der Waals surface area contributed by atoms with Gasteiger partial charge in [-0.3, -0.25) is 0 Å². The van der Waals surface area contributed by atoms with Crippen molar-refractivity contribution in [1.82, 2.24) is 0 Å². The Bertz CT molecular complexity index is 774. The summed E-state index contributed by atoms with van der Waals surface area (Å²) in [6.07, 6.45) is 13.9. The maximum atomic E-state index is 11.7. The lowest BCUT2D eigenvalue weighted by molar-refractivity contribution is -0.154.